The van der Waals surface area contributed by atoms with Gasteiger partial charge in [0.2, 0.25) is 5.16 Å². The molecule has 1 aliphatic heterocycles. The number of thioether (sulfide) groups is 1. The van der Waals surface area contributed by atoms with Gasteiger partial charge in [0, 0.05) is 17.9 Å². The van der Waals surface area contributed by atoms with E-state index >= 15 is 0 Å². The molecule has 0 radical (unpaired) electrons. The van der Waals surface area contributed by atoms with Gasteiger partial charge in [0.05, 0.1) is 12.6 Å². The predicted octanol–water partition coefficient (Wildman–Crippen LogP) is 3.94. The van der Waals surface area contributed by atoms with Crippen molar-refractivity contribution in [2.75, 3.05) is 6.61 Å². The largest absolute Gasteiger partial charge is 0.457 e. The number of benzene rings is 2. The molecule has 7 heteroatoms. The van der Waals surface area contributed by atoms with Crippen LogP contribution in [0.15, 0.2) is 59.8 Å². The summed E-state index contributed by atoms with van der Waals surface area (Å²) < 4.78 is 13.5. The number of hydrogen-bond donors (Lipinski definition) is 0. The van der Waals surface area contributed by atoms with Gasteiger partial charge in [-0.3, -0.25) is 0 Å². The Morgan fingerprint density at radius 2 is 1.96 bits per heavy atom. The molecule has 0 spiro atoms. The predicted molar refractivity (Wildman–Crippen MR) is 99.3 cm³/mol. The molecule has 0 aliphatic carbocycles. The van der Waals surface area contributed by atoms with Gasteiger partial charge in [-0.05, 0) is 41.5 Å². The molecule has 6 nitrogen and oxygen atoms in total. The number of ether oxygens (including phenoxy) is 2. The number of para-hydroxylation sites is 2. The van der Waals surface area contributed by atoms with Crippen LogP contribution in [0.4, 0.5) is 0 Å². The molecule has 26 heavy (non-hydrogen) atoms. The van der Waals surface area contributed by atoms with Gasteiger partial charge in [-0.2, -0.15) is 0 Å². The molecule has 0 N–H and O–H groups in total. The molecule has 1 atom stereocenters. The molecule has 1 fully saturated rings. The van der Waals surface area contributed by atoms with Crippen molar-refractivity contribution in [1.29, 1.82) is 0 Å². The van der Waals surface area contributed by atoms with Crippen LogP contribution < -0.4 is 4.74 Å². The van der Waals surface area contributed by atoms with Crippen LogP contribution in [0.1, 0.15) is 18.4 Å². The van der Waals surface area contributed by atoms with Gasteiger partial charge in [0.1, 0.15) is 11.5 Å². The van der Waals surface area contributed by atoms with E-state index in [0.717, 1.165) is 47.4 Å². The second kappa shape index (κ2) is 8.33. The number of tetrazole rings is 1. The van der Waals surface area contributed by atoms with Crippen LogP contribution in [0.3, 0.4) is 0 Å². The van der Waals surface area contributed by atoms with Crippen LogP contribution >= 0.6 is 11.8 Å². The van der Waals surface area contributed by atoms with Crippen molar-refractivity contribution < 1.29 is 9.47 Å². The molecule has 134 valence electrons. The Morgan fingerprint density at radius 3 is 2.81 bits per heavy atom. The van der Waals surface area contributed by atoms with Gasteiger partial charge in [0.15, 0.2) is 0 Å². The highest BCUT2D eigenvalue weighted by molar-refractivity contribution is 7.98. The minimum atomic E-state index is 0.214. The fourth-order valence-corrected chi connectivity index (χ4v) is 3.75. The zero-order valence-corrected chi connectivity index (χ0v) is 15.1. The second-order valence-corrected chi connectivity index (χ2v) is 7.03. The van der Waals surface area contributed by atoms with Crippen molar-refractivity contribution in [3.63, 3.8) is 0 Å². The van der Waals surface area contributed by atoms with Gasteiger partial charge in [-0.25, -0.2) is 4.68 Å². The normalized spacial score (nSPS) is 16.7. The van der Waals surface area contributed by atoms with E-state index in [1.807, 2.05) is 53.2 Å². The molecule has 1 saturated heterocycles. The van der Waals surface area contributed by atoms with Crippen LogP contribution in [0.5, 0.6) is 11.5 Å². The SMILES string of the molecule is c1ccc(Oc2ccccc2CSc2nnnn2CC2CCCO2)cc1. The standard InChI is InChI=1S/C19H20N4O2S/c1-2-8-16(9-3-1)25-18-11-5-4-7-15(18)14-26-19-20-21-22-23(19)13-17-10-6-12-24-17/h1-5,7-9,11,17H,6,10,12-14H2. The van der Waals surface area contributed by atoms with Gasteiger partial charge in [0.25, 0.3) is 0 Å². The molecule has 2 aromatic carbocycles. The summed E-state index contributed by atoms with van der Waals surface area (Å²) in [4.78, 5) is 0. The maximum atomic E-state index is 6.03. The summed E-state index contributed by atoms with van der Waals surface area (Å²) in [5, 5.41) is 12.9. The van der Waals surface area contributed by atoms with E-state index in [1.54, 1.807) is 11.8 Å². The first-order valence-electron chi connectivity index (χ1n) is 8.70. The first kappa shape index (κ1) is 17.1. The van der Waals surface area contributed by atoms with E-state index in [-0.39, 0.29) is 6.10 Å². The summed E-state index contributed by atoms with van der Waals surface area (Å²) in [6, 6.07) is 17.9. The van der Waals surface area contributed by atoms with Crippen molar-refractivity contribution in [3.8, 4) is 11.5 Å². The highest BCUT2D eigenvalue weighted by Gasteiger charge is 2.19. The lowest BCUT2D eigenvalue weighted by Crippen LogP contribution is -2.16. The Morgan fingerprint density at radius 1 is 1.12 bits per heavy atom. The molecule has 2 heterocycles. The first-order valence-corrected chi connectivity index (χ1v) is 9.68. The maximum Gasteiger partial charge on any atom is 0.209 e. The molecule has 3 aromatic rings. The van der Waals surface area contributed by atoms with Crippen LogP contribution in [0.2, 0.25) is 0 Å². The molecule has 4 rings (SSSR count). The van der Waals surface area contributed by atoms with Crippen LogP contribution in [-0.2, 0) is 17.0 Å². The summed E-state index contributed by atoms with van der Waals surface area (Å²) >= 11 is 1.61. The Balaban J connectivity index is 1.43. The molecule has 1 aromatic heterocycles. The average molecular weight is 368 g/mol. The average Bonchev–Trinajstić information content (AvgIpc) is 3.34. The number of nitrogens with zero attached hydrogens (tertiary/aromatic N) is 4. The zero-order valence-electron chi connectivity index (χ0n) is 14.3. The molecule has 0 saturated carbocycles. The summed E-state index contributed by atoms with van der Waals surface area (Å²) in [6.07, 6.45) is 2.39. The summed E-state index contributed by atoms with van der Waals surface area (Å²) in [6.45, 7) is 1.54. The molecule has 1 aliphatic rings. The first-order chi connectivity index (χ1) is 12.9. The Hall–Kier alpha value is -2.38. The van der Waals surface area contributed by atoms with Crippen molar-refractivity contribution in [3.05, 3.63) is 60.2 Å². The lowest BCUT2D eigenvalue weighted by atomic mass is 10.2. The smallest absolute Gasteiger partial charge is 0.209 e. The minimum Gasteiger partial charge on any atom is -0.457 e. The molecular weight excluding hydrogens is 348 g/mol. The summed E-state index contributed by atoms with van der Waals surface area (Å²) in [5.41, 5.74) is 1.10. The number of hydrogen-bond acceptors (Lipinski definition) is 6. The third-order valence-electron chi connectivity index (χ3n) is 4.20. The van der Waals surface area contributed by atoms with Crippen molar-refractivity contribution in [2.24, 2.45) is 0 Å². The van der Waals surface area contributed by atoms with E-state index in [0.29, 0.717) is 6.54 Å². The zero-order chi connectivity index (χ0) is 17.6. The van der Waals surface area contributed by atoms with Crippen molar-refractivity contribution in [2.45, 2.75) is 36.4 Å². The van der Waals surface area contributed by atoms with E-state index in [4.69, 9.17) is 9.47 Å². The molecule has 0 amide bonds. The Bertz CT molecular complexity index is 834. The van der Waals surface area contributed by atoms with Gasteiger partial charge in [-0.1, -0.05) is 48.2 Å². The van der Waals surface area contributed by atoms with Crippen LogP contribution in [0, 0.1) is 0 Å². The Labute approximate surface area is 156 Å². The molecule has 0 bridgehead atoms. The summed E-state index contributed by atoms with van der Waals surface area (Å²) in [5.74, 6) is 2.41. The fraction of sp³-hybridized carbons (Fsp3) is 0.316. The highest BCUT2D eigenvalue weighted by atomic mass is 32.2. The lowest BCUT2D eigenvalue weighted by Gasteiger charge is -2.12. The van der Waals surface area contributed by atoms with Crippen molar-refractivity contribution >= 4 is 11.8 Å². The van der Waals surface area contributed by atoms with E-state index in [9.17, 15) is 0 Å². The number of rotatable bonds is 7. The van der Waals surface area contributed by atoms with Crippen LogP contribution in [-0.4, -0.2) is 32.9 Å². The van der Waals surface area contributed by atoms with E-state index in [2.05, 4.69) is 21.6 Å². The molecule has 1 unspecified atom stereocenters. The van der Waals surface area contributed by atoms with E-state index < -0.39 is 0 Å². The maximum absolute atomic E-state index is 6.03. The minimum absolute atomic E-state index is 0.214. The number of aromatic nitrogens is 4. The molecular formula is C19H20N4O2S. The monoisotopic (exact) mass is 368 g/mol. The second-order valence-electron chi connectivity index (χ2n) is 6.09. The fourth-order valence-electron chi connectivity index (χ4n) is 2.88. The summed E-state index contributed by atoms with van der Waals surface area (Å²) in [7, 11) is 0. The van der Waals surface area contributed by atoms with Gasteiger partial charge in [-0.15, -0.1) is 5.10 Å². The Kier molecular flexibility index (Phi) is 5.47. The highest BCUT2D eigenvalue weighted by Crippen LogP contribution is 2.30. The lowest BCUT2D eigenvalue weighted by molar-refractivity contribution is 0.0912. The van der Waals surface area contributed by atoms with Gasteiger partial charge < -0.3 is 9.47 Å². The third kappa shape index (κ3) is 4.23. The van der Waals surface area contributed by atoms with Gasteiger partial charge >= 0.3 is 0 Å². The van der Waals surface area contributed by atoms with Crippen LogP contribution in [0.25, 0.3) is 0 Å². The topological polar surface area (TPSA) is 62.1 Å². The van der Waals surface area contributed by atoms with E-state index in [1.165, 1.54) is 0 Å². The van der Waals surface area contributed by atoms with Crippen molar-refractivity contribution in [1.82, 2.24) is 20.2 Å². The third-order valence-corrected chi connectivity index (χ3v) is 5.21. The quantitative estimate of drug-likeness (QED) is 0.589.